The molecule has 2 aliphatic rings. The lowest BCUT2D eigenvalue weighted by Crippen LogP contribution is -2.31. The first-order valence-corrected chi connectivity index (χ1v) is 12.2. The predicted octanol–water partition coefficient (Wildman–Crippen LogP) is 4.91. The van der Waals surface area contributed by atoms with E-state index in [0.29, 0.717) is 12.4 Å². The molecular weight excluding hydrogens is 424 g/mol. The number of amidine groups is 1. The number of benzene rings is 2. The maximum atomic E-state index is 10.4. The van der Waals surface area contributed by atoms with Gasteiger partial charge in [-0.2, -0.15) is 10.5 Å². The summed E-state index contributed by atoms with van der Waals surface area (Å²) in [6, 6.07) is 22.6. The molecule has 7 heteroatoms. The summed E-state index contributed by atoms with van der Waals surface area (Å²) in [4.78, 5) is 4.73. The van der Waals surface area contributed by atoms with Crippen LogP contribution in [0.4, 0.5) is 0 Å². The highest BCUT2D eigenvalue weighted by atomic mass is 32.2. The van der Waals surface area contributed by atoms with Gasteiger partial charge in [0, 0.05) is 5.92 Å². The van der Waals surface area contributed by atoms with E-state index in [-0.39, 0.29) is 11.8 Å². The van der Waals surface area contributed by atoms with E-state index >= 15 is 0 Å². The summed E-state index contributed by atoms with van der Waals surface area (Å²) in [5.41, 5.74) is 6.24. The molecule has 1 aliphatic carbocycles. The fourth-order valence-electron chi connectivity index (χ4n) is 4.77. The number of fused-ring (bicyclic) bond motifs is 1. The van der Waals surface area contributed by atoms with E-state index in [1.807, 2.05) is 68.4 Å². The Morgan fingerprint density at radius 3 is 2.35 bits per heavy atom. The molecule has 1 aliphatic heterocycles. The van der Waals surface area contributed by atoms with E-state index in [0.717, 1.165) is 22.6 Å². The zero-order chi connectivity index (χ0) is 22.1. The second-order valence-corrected chi connectivity index (χ2v) is 10.7. The van der Waals surface area contributed by atoms with E-state index in [1.54, 1.807) is 23.5 Å². The van der Waals surface area contributed by atoms with E-state index in [1.165, 1.54) is 0 Å². The molecule has 0 aromatic heterocycles. The molecule has 1 heterocycles. The molecule has 158 valence electrons. The molecule has 3 unspecified atom stereocenters. The molecule has 2 N–H and O–H groups in total. The van der Waals surface area contributed by atoms with Crippen LogP contribution in [0.1, 0.15) is 30.9 Å². The highest BCUT2D eigenvalue weighted by molar-refractivity contribution is 8.18. The Hall–Kier alpha value is -2.61. The topological polar surface area (TPSA) is 95.2 Å². The summed E-state index contributed by atoms with van der Waals surface area (Å²) in [5, 5.41) is 20.7. The van der Waals surface area contributed by atoms with Crippen molar-refractivity contribution < 1.29 is 4.74 Å². The first kappa shape index (κ1) is 21.6. The number of ether oxygens (including phenoxy) is 1. The molecular formula is C24H24N4OS2. The van der Waals surface area contributed by atoms with Crippen LogP contribution in [-0.2, 0) is 6.61 Å². The maximum absolute atomic E-state index is 10.4. The van der Waals surface area contributed by atoms with Gasteiger partial charge in [0.15, 0.2) is 4.20 Å². The van der Waals surface area contributed by atoms with Crippen LogP contribution in [-0.4, -0.2) is 21.5 Å². The number of hydrogen-bond acceptors (Lipinski definition) is 7. The summed E-state index contributed by atoms with van der Waals surface area (Å²) >= 11 is 3.21. The van der Waals surface area contributed by atoms with Gasteiger partial charge in [-0.1, -0.05) is 56.3 Å². The van der Waals surface area contributed by atoms with Gasteiger partial charge in [0.1, 0.15) is 29.0 Å². The van der Waals surface area contributed by atoms with E-state index < -0.39 is 15.0 Å². The van der Waals surface area contributed by atoms with Gasteiger partial charge < -0.3 is 10.5 Å². The molecule has 0 amide bonds. The number of nitrogens with zero attached hydrogens (tertiary/aromatic N) is 3. The second kappa shape index (κ2) is 8.15. The average Bonchev–Trinajstić information content (AvgIpc) is 3.38. The first-order valence-electron chi connectivity index (χ1n) is 10.3. The van der Waals surface area contributed by atoms with Crippen molar-refractivity contribution in [3.8, 4) is 17.9 Å². The third-order valence-electron chi connectivity index (χ3n) is 6.05. The van der Waals surface area contributed by atoms with Gasteiger partial charge in [0.25, 0.3) is 0 Å². The smallest absolute Gasteiger partial charge is 0.175 e. The van der Waals surface area contributed by atoms with Crippen molar-refractivity contribution in [2.75, 3.05) is 11.5 Å². The molecule has 4 rings (SSSR count). The van der Waals surface area contributed by atoms with Crippen LogP contribution in [0.2, 0.25) is 0 Å². The lowest BCUT2D eigenvalue weighted by atomic mass is 9.97. The summed E-state index contributed by atoms with van der Waals surface area (Å²) in [5.74, 6) is 2.20. The number of rotatable bonds is 8. The van der Waals surface area contributed by atoms with Crippen molar-refractivity contribution in [3.63, 3.8) is 0 Å². The Bertz CT molecular complexity index is 1080. The molecule has 0 saturated heterocycles. The molecule has 2 aromatic rings. The van der Waals surface area contributed by atoms with Gasteiger partial charge in [0.2, 0.25) is 0 Å². The molecule has 1 saturated carbocycles. The second-order valence-electron chi connectivity index (χ2n) is 7.56. The standard InChI is InChI=1S/C24H24N4OS2/c1-3-30-24(31-4-2)23(16-26)20(22(23,15-25)21(27)28-24)18-11-8-12-19(13-18)29-14-17-9-6-5-7-10-17/h5-13,20H,3-4,14H2,1-2H3,(H2,27,28). The van der Waals surface area contributed by atoms with Crippen LogP contribution < -0.4 is 10.5 Å². The van der Waals surface area contributed by atoms with Gasteiger partial charge in [-0.05, 0) is 34.8 Å². The van der Waals surface area contributed by atoms with Crippen LogP contribution in [0.3, 0.4) is 0 Å². The molecule has 1 fully saturated rings. The zero-order valence-electron chi connectivity index (χ0n) is 17.5. The Morgan fingerprint density at radius 2 is 1.74 bits per heavy atom. The number of aliphatic imine (C=N–C) groups is 1. The molecule has 0 radical (unpaired) electrons. The summed E-state index contributed by atoms with van der Waals surface area (Å²) in [6.45, 7) is 4.54. The Balaban J connectivity index is 1.71. The molecule has 5 nitrogen and oxygen atoms in total. The van der Waals surface area contributed by atoms with Crippen molar-refractivity contribution in [1.82, 2.24) is 0 Å². The Labute approximate surface area is 191 Å². The van der Waals surface area contributed by atoms with Gasteiger partial charge in [-0.25, -0.2) is 4.99 Å². The lowest BCUT2D eigenvalue weighted by Gasteiger charge is -2.31. The van der Waals surface area contributed by atoms with E-state index in [9.17, 15) is 10.5 Å². The highest BCUT2D eigenvalue weighted by Gasteiger charge is 2.91. The first-order chi connectivity index (χ1) is 15.0. The number of hydrogen-bond donors (Lipinski definition) is 1. The summed E-state index contributed by atoms with van der Waals surface area (Å²) < 4.78 is 5.22. The minimum absolute atomic E-state index is 0.277. The van der Waals surface area contributed by atoms with Crippen LogP contribution >= 0.6 is 23.5 Å². The normalized spacial score (nSPS) is 27.5. The highest BCUT2D eigenvalue weighted by Crippen LogP contribution is 2.85. The Morgan fingerprint density at radius 1 is 1.03 bits per heavy atom. The van der Waals surface area contributed by atoms with Crippen LogP contribution in [0.25, 0.3) is 0 Å². The van der Waals surface area contributed by atoms with Crippen LogP contribution in [0, 0.1) is 33.5 Å². The minimum Gasteiger partial charge on any atom is -0.489 e. The lowest BCUT2D eigenvalue weighted by molar-refractivity contribution is 0.306. The van der Waals surface area contributed by atoms with Gasteiger partial charge in [-0.15, -0.1) is 23.5 Å². The van der Waals surface area contributed by atoms with Crippen molar-refractivity contribution in [2.24, 2.45) is 21.6 Å². The fraction of sp³-hybridized carbons (Fsp3) is 0.375. The predicted molar refractivity (Wildman–Crippen MR) is 127 cm³/mol. The average molecular weight is 449 g/mol. The van der Waals surface area contributed by atoms with Gasteiger partial charge in [0.05, 0.1) is 12.1 Å². The largest absolute Gasteiger partial charge is 0.489 e. The number of thioether (sulfide) groups is 2. The molecule has 0 spiro atoms. The third kappa shape index (κ3) is 2.95. The number of nitriles is 2. The quantitative estimate of drug-likeness (QED) is 0.576. The third-order valence-corrected chi connectivity index (χ3v) is 8.94. The Kier molecular flexibility index (Phi) is 5.68. The summed E-state index contributed by atoms with van der Waals surface area (Å²) in [6.07, 6.45) is 0. The van der Waals surface area contributed by atoms with Gasteiger partial charge in [-0.3, -0.25) is 0 Å². The number of nitrogens with two attached hydrogens (primary N) is 1. The molecule has 2 aromatic carbocycles. The maximum Gasteiger partial charge on any atom is 0.175 e. The van der Waals surface area contributed by atoms with Crippen molar-refractivity contribution >= 4 is 29.4 Å². The van der Waals surface area contributed by atoms with E-state index in [2.05, 4.69) is 12.1 Å². The fourth-order valence-corrected chi connectivity index (χ4v) is 8.03. The molecule has 31 heavy (non-hydrogen) atoms. The monoisotopic (exact) mass is 448 g/mol. The van der Waals surface area contributed by atoms with Gasteiger partial charge >= 0.3 is 0 Å². The molecule has 0 bridgehead atoms. The van der Waals surface area contributed by atoms with Crippen LogP contribution in [0.15, 0.2) is 59.6 Å². The zero-order valence-corrected chi connectivity index (χ0v) is 19.2. The SMILES string of the molecule is CCSC1(SCC)N=C(N)C2(C#N)C(c3cccc(OCc4ccccc4)c3)C12C#N. The molecule has 3 atom stereocenters. The van der Waals surface area contributed by atoms with Crippen LogP contribution in [0.5, 0.6) is 5.75 Å². The van der Waals surface area contributed by atoms with Crippen molar-refractivity contribution in [3.05, 3.63) is 65.7 Å². The van der Waals surface area contributed by atoms with Crippen molar-refractivity contribution in [1.29, 1.82) is 10.5 Å². The van der Waals surface area contributed by atoms with E-state index in [4.69, 9.17) is 15.5 Å². The minimum atomic E-state index is -1.11. The summed E-state index contributed by atoms with van der Waals surface area (Å²) in [7, 11) is 0. The van der Waals surface area contributed by atoms with Crippen molar-refractivity contribution in [2.45, 2.75) is 30.6 Å².